The van der Waals surface area contributed by atoms with Crippen molar-refractivity contribution in [1.82, 2.24) is 10.2 Å². The van der Waals surface area contributed by atoms with Gasteiger partial charge in [0.25, 0.3) is 11.8 Å². The van der Waals surface area contributed by atoms with Crippen molar-refractivity contribution < 1.29 is 14.7 Å². The van der Waals surface area contributed by atoms with Crippen molar-refractivity contribution >= 4 is 11.8 Å². The topological polar surface area (TPSA) is 69.6 Å². The lowest BCUT2D eigenvalue weighted by Crippen LogP contribution is -2.24. The summed E-state index contributed by atoms with van der Waals surface area (Å²) in [6.07, 6.45) is 0. The number of hydrogen-bond donors (Lipinski definition) is 2. The molecule has 0 aliphatic rings. The first-order valence-corrected chi connectivity index (χ1v) is 7.30. The highest BCUT2D eigenvalue weighted by atomic mass is 16.3. The third-order valence-corrected chi connectivity index (χ3v) is 3.53. The van der Waals surface area contributed by atoms with E-state index in [4.69, 9.17) is 0 Å². The fourth-order valence-corrected chi connectivity index (χ4v) is 2.18. The van der Waals surface area contributed by atoms with Gasteiger partial charge in [-0.15, -0.1) is 0 Å². The number of carbonyl (C=O) groups excluding carboxylic acids is 2. The number of rotatable bonds is 5. The number of amides is 2. The van der Waals surface area contributed by atoms with E-state index in [2.05, 4.69) is 5.32 Å². The molecule has 0 atom stereocenters. The molecule has 2 aromatic carbocycles. The van der Waals surface area contributed by atoms with Crippen LogP contribution in [0.3, 0.4) is 0 Å². The van der Waals surface area contributed by atoms with Gasteiger partial charge in [0, 0.05) is 31.8 Å². The van der Waals surface area contributed by atoms with Crippen LogP contribution in [0, 0.1) is 0 Å². The Morgan fingerprint density at radius 2 is 1.52 bits per heavy atom. The second-order valence-electron chi connectivity index (χ2n) is 5.39. The zero-order chi connectivity index (χ0) is 16.8. The first-order valence-electron chi connectivity index (χ1n) is 7.30. The summed E-state index contributed by atoms with van der Waals surface area (Å²) in [6.45, 7) is 0.279. The van der Waals surface area contributed by atoms with Crippen LogP contribution in [0.15, 0.2) is 48.5 Å². The molecule has 2 N–H and O–H groups in total. The van der Waals surface area contributed by atoms with Crippen LogP contribution >= 0.6 is 0 Å². The predicted molar refractivity (Wildman–Crippen MR) is 88.0 cm³/mol. The Morgan fingerprint density at radius 1 is 0.957 bits per heavy atom. The molecule has 0 aliphatic heterocycles. The molecule has 0 heterocycles. The number of benzene rings is 2. The largest absolute Gasteiger partial charge is 0.392 e. The maximum Gasteiger partial charge on any atom is 0.253 e. The number of hydrogen-bond acceptors (Lipinski definition) is 3. The van der Waals surface area contributed by atoms with Gasteiger partial charge < -0.3 is 15.3 Å². The molecule has 0 saturated heterocycles. The second kappa shape index (κ2) is 7.56. The minimum Gasteiger partial charge on any atom is -0.392 e. The standard InChI is InChI=1S/C18H20N2O3/c1-20(2)18(23)14-9-7-13(8-10-14)17(22)19-11-15-5-3-4-6-16(15)12-21/h3-10,21H,11-12H2,1-2H3,(H,19,22). The molecule has 0 fully saturated rings. The quantitative estimate of drug-likeness (QED) is 0.884. The highest BCUT2D eigenvalue weighted by Crippen LogP contribution is 2.10. The predicted octanol–water partition coefficient (Wildman–Crippen LogP) is 1.81. The Labute approximate surface area is 135 Å². The van der Waals surface area contributed by atoms with Crippen molar-refractivity contribution in [2.24, 2.45) is 0 Å². The van der Waals surface area contributed by atoms with Crippen LogP contribution in [0.4, 0.5) is 0 Å². The molecular formula is C18H20N2O3. The van der Waals surface area contributed by atoms with Gasteiger partial charge in [0.2, 0.25) is 0 Å². The molecule has 5 heteroatoms. The zero-order valence-electron chi connectivity index (χ0n) is 13.2. The molecule has 0 saturated carbocycles. The van der Waals surface area contributed by atoms with E-state index in [1.807, 2.05) is 24.3 Å². The molecule has 2 rings (SSSR count). The van der Waals surface area contributed by atoms with Crippen molar-refractivity contribution in [2.75, 3.05) is 14.1 Å². The minimum atomic E-state index is -0.221. The number of nitrogens with one attached hydrogen (secondary N) is 1. The summed E-state index contributed by atoms with van der Waals surface area (Å²) in [4.78, 5) is 25.5. The molecule has 2 aromatic rings. The molecule has 0 bridgehead atoms. The van der Waals surface area contributed by atoms with Gasteiger partial charge in [-0.25, -0.2) is 0 Å². The summed E-state index contributed by atoms with van der Waals surface area (Å²) < 4.78 is 0. The molecule has 0 aromatic heterocycles. The molecule has 0 radical (unpaired) electrons. The lowest BCUT2D eigenvalue weighted by atomic mass is 10.1. The van der Waals surface area contributed by atoms with E-state index in [0.717, 1.165) is 11.1 Å². The van der Waals surface area contributed by atoms with E-state index < -0.39 is 0 Å². The number of aliphatic hydroxyl groups is 1. The van der Waals surface area contributed by atoms with Crippen LogP contribution in [-0.2, 0) is 13.2 Å². The fraction of sp³-hybridized carbons (Fsp3) is 0.222. The maximum absolute atomic E-state index is 12.2. The SMILES string of the molecule is CN(C)C(=O)c1ccc(C(=O)NCc2ccccc2CO)cc1. The number of nitrogens with zero attached hydrogens (tertiary/aromatic N) is 1. The molecule has 120 valence electrons. The van der Waals surface area contributed by atoms with Gasteiger partial charge in [-0.3, -0.25) is 9.59 Å². The Hall–Kier alpha value is -2.66. The van der Waals surface area contributed by atoms with Gasteiger partial charge in [0.1, 0.15) is 0 Å². The molecule has 2 amide bonds. The van der Waals surface area contributed by atoms with E-state index in [9.17, 15) is 14.7 Å². The highest BCUT2D eigenvalue weighted by molar-refractivity contribution is 5.97. The third kappa shape index (κ3) is 4.17. The van der Waals surface area contributed by atoms with Gasteiger partial charge in [-0.05, 0) is 35.4 Å². The Bertz CT molecular complexity index is 694. The van der Waals surface area contributed by atoms with Gasteiger partial charge in [0.15, 0.2) is 0 Å². The Kier molecular flexibility index (Phi) is 5.49. The van der Waals surface area contributed by atoms with E-state index in [0.29, 0.717) is 17.7 Å². The molecule has 0 spiro atoms. The minimum absolute atomic E-state index is 0.0621. The normalized spacial score (nSPS) is 10.2. The van der Waals surface area contributed by atoms with Crippen molar-refractivity contribution in [2.45, 2.75) is 13.2 Å². The number of carbonyl (C=O) groups is 2. The second-order valence-corrected chi connectivity index (χ2v) is 5.39. The van der Waals surface area contributed by atoms with Crippen molar-refractivity contribution in [3.8, 4) is 0 Å². The lowest BCUT2D eigenvalue weighted by Gasteiger charge is -2.11. The van der Waals surface area contributed by atoms with E-state index >= 15 is 0 Å². The summed E-state index contributed by atoms with van der Waals surface area (Å²) in [6, 6.07) is 13.9. The van der Waals surface area contributed by atoms with Crippen molar-refractivity contribution in [3.05, 3.63) is 70.8 Å². The van der Waals surface area contributed by atoms with Crippen molar-refractivity contribution in [1.29, 1.82) is 0 Å². The molecule has 23 heavy (non-hydrogen) atoms. The fourth-order valence-electron chi connectivity index (χ4n) is 2.18. The van der Waals surface area contributed by atoms with Gasteiger partial charge in [-0.2, -0.15) is 0 Å². The van der Waals surface area contributed by atoms with Crippen LogP contribution in [0.2, 0.25) is 0 Å². The molecule has 0 aliphatic carbocycles. The highest BCUT2D eigenvalue weighted by Gasteiger charge is 2.10. The third-order valence-electron chi connectivity index (χ3n) is 3.53. The van der Waals surface area contributed by atoms with Crippen LogP contribution in [0.25, 0.3) is 0 Å². The first kappa shape index (κ1) is 16.7. The van der Waals surface area contributed by atoms with Gasteiger partial charge >= 0.3 is 0 Å². The molecule has 0 unspecified atom stereocenters. The zero-order valence-corrected chi connectivity index (χ0v) is 13.2. The van der Waals surface area contributed by atoms with E-state index in [1.54, 1.807) is 38.4 Å². The van der Waals surface area contributed by atoms with Crippen molar-refractivity contribution in [3.63, 3.8) is 0 Å². The smallest absolute Gasteiger partial charge is 0.253 e. The van der Waals surface area contributed by atoms with E-state index in [-0.39, 0.29) is 18.4 Å². The average Bonchev–Trinajstić information content (AvgIpc) is 2.59. The van der Waals surface area contributed by atoms with Gasteiger partial charge in [-0.1, -0.05) is 24.3 Å². The molecule has 5 nitrogen and oxygen atoms in total. The first-order chi connectivity index (χ1) is 11.0. The number of aliphatic hydroxyl groups excluding tert-OH is 1. The lowest BCUT2D eigenvalue weighted by molar-refractivity contribution is 0.0826. The maximum atomic E-state index is 12.2. The summed E-state index contributed by atoms with van der Waals surface area (Å²) >= 11 is 0. The summed E-state index contributed by atoms with van der Waals surface area (Å²) in [5.41, 5.74) is 2.70. The van der Waals surface area contributed by atoms with Crippen LogP contribution in [0.5, 0.6) is 0 Å². The monoisotopic (exact) mass is 312 g/mol. The van der Waals surface area contributed by atoms with Crippen LogP contribution in [-0.4, -0.2) is 35.9 Å². The summed E-state index contributed by atoms with van der Waals surface area (Å²) in [5.74, 6) is -0.324. The summed E-state index contributed by atoms with van der Waals surface area (Å²) in [7, 11) is 3.36. The van der Waals surface area contributed by atoms with Gasteiger partial charge in [0.05, 0.1) is 6.61 Å². The molecular weight excluding hydrogens is 292 g/mol. The van der Waals surface area contributed by atoms with Crippen LogP contribution < -0.4 is 5.32 Å². The van der Waals surface area contributed by atoms with E-state index in [1.165, 1.54) is 4.90 Å². The average molecular weight is 312 g/mol. The Morgan fingerprint density at radius 3 is 2.09 bits per heavy atom. The summed E-state index contributed by atoms with van der Waals surface area (Å²) in [5, 5.41) is 12.1. The van der Waals surface area contributed by atoms with Crippen LogP contribution in [0.1, 0.15) is 31.8 Å². The Balaban J connectivity index is 2.02.